The van der Waals surface area contributed by atoms with E-state index in [1.165, 1.54) is 6.07 Å². The molecule has 0 spiro atoms. The monoisotopic (exact) mass is 437 g/mol. The average molecular weight is 438 g/mol. The van der Waals surface area contributed by atoms with E-state index in [1.54, 1.807) is 30.5 Å². The highest BCUT2D eigenvalue weighted by atomic mass is 35.5. The third-order valence-corrected chi connectivity index (χ3v) is 7.29. The normalized spacial score (nSPS) is 23.7. The number of hydrogen-bond donors (Lipinski definition) is 1. The first kappa shape index (κ1) is 20.3. The maximum Gasteiger partial charge on any atom is 0.227 e. The van der Waals surface area contributed by atoms with Crippen molar-refractivity contribution >= 4 is 39.8 Å². The number of benzene rings is 2. The van der Waals surface area contributed by atoms with Gasteiger partial charge in [-0.15, -0.1) is 0 Å². The van der Waals surface area contributed by atoms with E-state index in [2.05, 4.69) is 15.2 Å². The molecule has 4 nitrogen and oxygen atoms in total. The van der Waals surface area contributed by atoms with Crippen molar-refractivity contribution in [3.05, 3.63) is 65.6 Å². The Morgan fingerprint density at radius 3 is 2.55 bits per heavy atom. The van der Waals surface area contributed by atoms with Crippen LogP contribution < -0.4 is 10.2 Å². The number of carbonyl (C=O) groups excluding carboxylic acids is 1. The minimum absolute atomic E-state index is 0.0365. The SMILES string of the molecule is CC(C(=O)Nc1ccc(Cl)cc1)C1CC2CN(c3ccnc4ccc(F)cc34)C[C@H]2C1. The Kier molecular flexibility index (Phi) is 5.30. The second-order valence-electron chi connectivity index (χ2n) is 8.93. The van der Waals surface area contributed by atoms with Crippen molar-refractivity contribution in [2.75, 3.05) is 23.3 Å². The van der Waals surface area contributed by atoms with Crippen molar-refractivity contribution in [3.63, 3.8) is 0 Å². The van der Waals surface area contributed by atoms with Crippen LogP contribution in [0.25, 0.3) is 10.9 Å². The lowest BCUT2D eigenvalue weighted by Gasteiger charge is -2.24. The van der Waals surface area contributed by atoms with Gasteiger partial charge in [0.05, 0.1) is 5.52 Å². The Labute approximate surface area is 186 Å². The summed E-state index contributed by atoms with van der Waals surface area (Å²) in [6.45, 7) is 3.93. The fraction of sp³-hybridized carbons (Fsp3) is 0.360. The molecule has 1 aliphatic heterocycles. The largest absolute Gasteiger partial charge is 0.370 e. The summed E-state index contributed by atoms with van der Waals surface area (Å²) in [5.41, 5.74) is 2.66. The number of nitrogens with one attached hydrogen (secondary N) is 1. The highest BCUT2D eigenvalue weighted by molar-refractivity contribution is 6.30. The fourth-order valence-corrected chi connectivity index (χ4v) is 5.46. The predicted octanol–water partition coefficient (Wildman–Crippen LogP) is 5.76. The number of fused-ring (bicyclic) bond motifs is 2. The summed E-state index contributed by atoms with van der Waals surface area (Å²) in [5, 5.41) is 4.55. The maximum absolute atomic E-state index is 13.8. The highest BCUT2D eigenvalue weighted by Crippen LogP contribution is 2.46. The summed E-state index contributed by atoms with van der Waals surface area (Å²) >= 11 is 5.93. The van der Waals surface area contributed by atoms with Crippen molar-refractivity contribution in [2.45, 2.75) is 19.8 Å². The molecule has 31 heavy (non-hydrogen) atoms. The number of nitrogens with zero attached hydrogens (tertiary/aromatic N) is 2. The van der Waals surface area contributed by atoms with Gasteiger partial charge in [0.15, 0.2) is 0 Å². The predicted molar refractivity (Wildman–Crippen MR) is 123 cm³/mol. The standard InChI is InChI=1S/C25H25ClFN3O/c1-15(25(31)29-21-5-2-19(26)3-6-21)16-10-17-13-30(14-18(17)11-16)24-8-9-28-23-7-4-20(27)12-22(23)24/h2-9,12,15-18H,10-11,13-14H2,1H3,(H,29,31)/t15?,16?,17-,18?/m1/s1. The fourth-order valence-electron chi connectivity index (χ4n) is 5.33. The van der Waals surface area contributed by atoms with Crippen molar-refractivity contribution in [3.8, 4) is 0 Å². The van der Waals surface area contributed by atoms with Gasteiger partial charge in [0.2, 0.25) is 5.91 Å². The molecule has 3 aromatic rings. The second kappa shape index (κ2) is 8.12. The van der Waals surface area contributed by atoms with Crippen molar-refractivity contribution < 1.29 is 9.18 Å². The number of rotatable bonds is 4. The van der Waals surface area contributed by atoms with Crippen LogP contribution in [0.3, 0.4) is 0 Å². The summed E-state index contributed by atoms with van der Waals surface area (Å²) in [4.78, 5) is 19.5. The first-order chi connectivity index (χ1) is 15.0. The molecule has 1 saturated heterocycles. The van der Waals surface area contributed by atoms with E-state index in [4.69, 9.17) is 11.6 Å². The number of hydrogen-bond acceptors (Lipinski definition) is 3. The quantitative estimate of drug-likeness (QED) is 0.564. The molecular formula is C25H25ClFN3O. The van der Waals surface area contributed by atoms with Gasteiger partial charge < -0.3 is 10.2 Å². The summed E-state index contributed by atoms with van der Waals surface area (Å²) in [6.07, 6.45) is 3.90. The van der Waals surface area contributed by atoms with Crippen LogP contribution >= 0.6 is 11.6 Å². The Balaban J connectivity index is 1.24. The molecule has 2 fully saturated rings. The summed E-state index contributed by atoms with van der Waals surface area (Å²) in [5.74, 6) is 1.31. The van der Waals surface area contributed by atoms with Gasteiger partial charge in [0.25, 0.3) is 0 Å². The minimum Gasteiger partial charge on any atom is -0.370 e. The average Bonchev–Trinajstić information content (AvgIpc) is 3.33. The van der Waals surface area contributed by atoms with Crippen molar-refractivity contribution in [1.82, 2.24) is 4.98 Å². The van der Waals surface area contributed by atoms with E-state index < -0.39 is 0 Å². The molecule has 2 aliphatic rings. The molecule has 1 N–H and O–H groups in total. The van der Waals surface area contributed by atoms with Crippen LogP contribution in [0, 0.1) is 29.5 Å². The van der Waals surface area contributed by atoms with E-state index in [9.17, 15) is 9.18 Å². The molecule has 4 atom stereocenters. The Morgan fingerprint density at radius 2 is 1.84 bits per heavy atom. The lowest BCUT2D eigenvalue weighted by molar-refractivity contribution is -0.120. The molecule has 2 heterocycles. The molecule has 160 valence electrons. The van der Waals surface area contributed by atoms with Crippen molar-refractivity contribution in [2.24, 2.45) is 23.7 Å². The molecule has 0 bridgehead atoms. The van der Waals surface area contributed by atoms with Gasteiger partial charge in [-0.1, -0.05) is 18.5 Å². The second-order valence-corrected chi connectivity index (χ2v) is 9.37. The van der Waals surface area contributed by atoms with Crippen LogP contribution in [0.2, 0.25) is 5.02 Å². The molecule has 3 unspecified atom stereocenters. The molecular weight excluding hydrogens is 413 g/mol. The zero-order chi connectivity index (χ0) is 21.5. The molecule has 5 rings (SSSR count). The molecule has 0 radical (unpaired) electrons. The zero-order valence-electron chi connectivity index (χ0n) is 17.4. The molecule has 1 saturated carbocycles. The first-order valence-electron chi connectivity index (χ1n) is 10.8. The zero-order valence-corrected chi connectivity index (χ0v) is 18.1. The summed E-state index contributed by atoms with van der Waals surface area (Å²) in [7, 11) is 0. The first-order valence-corrected chi connectivity index (χ1v) is 11.2. The Morgan fingerprint density at radius 1 is 1.13 bits per heavy atom. The van der Waals surface area contributed by atoms with E-state index in [-0.39, 0.29) is 17.6 Å². The number of carbonyl (C=O) groups is 1. The summed E-state index contributed by atoms with van der Waals surface area (Å²) < 4.78 is 13.8. The van der Waals surface area contributed by atoms with Gasteiger partial charge in [-0.05, 0) is 79.1 Å². The van der Waals surface area contributed by atoms with Gasteiger partial charge in [-0.2, -0.15) is 0 Å². The van der Waals surface area contributed by atoms with E-state index in [0.717, 1.165) is 48.2 Å². The number of anilines is 2. The number of amides is 1. The van der Waals surface area contributed by atoms with Gasteiger partial charge >= 0.3 is 0 Å². The smallest absolute Gasteiger partial charge is 0.227 e. The molecule has 1 amide bonds. The number of aromatic nitrogens is 1. The number of pyridine rings is 1. The molecule has 1 aliphatic carbocycles. The Bertz CT molecular complexity index is 1110. The van der Waals surface area contributed by atoms with Crippen molar-refractivity contribution in [1.29, 1.82) is 0 Å². The van der Waals surface area contributed by atoms with Gasteiger partial charge in [0.1, 0.15) is 5.82 Å². The van der Waals surface area contributed by atoms with Gasteiger partial charge in [0, 0.05) is 47.0 Å². The van der Waals surface area contributed by atoms with Crippen LogP contribution in [0.4, 0.5) is 15.8 Å². The third-order valence-electron chi connectivity index (χ3n) is 7.04. The van der Waals surface area contributed by atoms with Gasteiger partial charge in [-0.3, -0.25) is 9.78 Å². The van der Waals surface area contributed by atoms with E-state index in [1.807, 2.05) is 25.1 Å². The molecule has 2 aromatic carbocycles. The lowest BCUT2D eigenvalue weighted by Crippen LogP contribution is -2.28. The van der Waals surface area contributed by atoms with Crippen LogP contribution in [0.5, 0.6) is 0 Å². The van der Waals surface area contributed by atoms with Crippen LogP contribution in [0.15, 0.2) is 54.7 Å². The van der Waals surface area contributed by atoms with Gasteiger partial charge in [-0.25, -0.2) is 4.39 Å². The Hall–Kier alpha value is -2.66. The topological polar surface area (TPSA) is 45.2 Å². The summed E-state index contributed by atoms with van der Waals surface area (Å²) in [6, 6.07) is 14.0. The van der Waals surface area contributed by atoms with E-state index in [0.29, 0.717) is 22.8 Å². The van der Waals surface area contributed by atoms with Crippen LogP contribution in [0.1, 0.15) is 19.8 Å². The highest BCUT2D eigenvalue weighted by Gasteiger charge is 2.44. The third kappa shape index (κ3) is 3.99. The number of halogens is 2. The van der Waals surface area contributed by atoms with Crippen LogP contribution in [-0.4, -0.2) is 24.0 Å². The van der Waals surface area contributed by atoms with E-state index >= 15 is 0 Å². The minimum atomic E-state index is -0.235. The van der Waals surface area contributed by atoms with Crippen LogP contribution in [-0.2, 0) is 4.79 Å². The molecule has 1 aromatic heterocycles. The molecule has 6 heteroatoms. The lowest BCUT2D eigenvalue weighted by atomic mass is 9.90. The maximum atomic E-state index is 13.8.